The minimum absolute atomic E-state index is 0.302. The second-order valence-electron chi connectivity index (χ2n) is 5.00. The largest absolute Gasteiger partial charge is 0.459 e. The van der Waals surface area contributed by atoms with E-state index in [0.717, 1.165) is 0 Å². The standard InChI is InChI=1S/C13H17F2NO2/c1-12(2,3)18-11(17)10(16)13(14,15)9-7-5-4-6-8-9/h4-8,10H,16H2,1-3H3/t10-/m1/s1. The fourth-order valence-electron chi connectivity index (χ4n) is 1.35. The van der Waals surface area contributed by atoms with Crippen LogP contribution >= 0.6 is 0 Å². The lowest BCUT2D eigenvalue weighted by molar-refractivity contribution is -0.167. The van der Waals surface area contributed by atoms with Crippen LogP contribution in [0.25, 0.3) is 0 Å². The molecule has 1 aromatic carbocycles. The lowest BCUT2D eigenvalue weighted by atomic mass is 10.0. The summed E-state index contributed by atoms with van der Waals surface area (Å²) in [5.74, 6) is -4.57. The summed E-state index contributed by atoms with van der Waals surface area (Å²) < 4.78 is 32.8. The monoisotopic (exact) mass is 257 g/mol. The Morgan fingerprint density at radius 3 is 2.17 bits per heavy atom. The summed E-state index contributed by atoms with van der Waals surface area (Å²) in [6, 6.07) is 4.97. The summed E-state index contributed by atoms with van der Waals surface area (Å²) in [4.78, 5) is 11.6. The zero-order valence-corrected chi connectivity index (χ0v) is 10.6. The summed E-state index contributed by atoms with van der Waals surface area (Å²) in [5.41, 5.74) is 4.16. The number of ether oxygens (including phenoxy) is 1. The van der Waals surface area contributed by atoms with E-state index >= 15 is 0 Å². The van der Waals surface area contributed by atoms with Crippen molar-refractivity contribution < 1.29 is 18.3 Å². The van der Waals surface area contributed by atoms with Crippen molar-refractivity contribution in [2.24, 2.45) is 5.73 Å². The van der Waals surface area contributed by atoms with Crippen LogP contribution in [0.3, 0.4) is 0 Å². The fourth-order valence-corrected chi connectivity index (χ4v) is 1.35. The first-order valence-corrected chi connectivity index (χ1v) is 5.56. The number of benzene rings is 1. The Balaban J connectivity index is 2.89. The van der Waals surface area contributed by atoms with Crippen molar-refractivity contribution >= 4 is 5.97 Å². The van der Waals surface area contributed by atoms with Gasteiger partial charge >= 0.3 is 5.97 Å². The second-order valence-corrected chi connectivity index (χ2v) is 5.00. The number of halogens is 2. The number of carbonyl (C=O) groups excluding carboxylic acids is 1. The summed E-state index contributed by atoms with van der Waals surface area (Å²) in [5, 5.41) is 0. The van der Waals surface area contributed by atoms with Gasteiger partial charge in [0.25, 0.3) is 5.92 Å². The van der Waals surface area contributed by atoms with Gasteiger partial charge in [-0.1, -0.05) is 30.3 Å². The summed E-state index contributed by atoms with van der Waals surface area (Å²) >= 11 is 0. The van der Waals surface area contributed by atoms with Crippen molar-refractivity contribution in [1.29, 1.82) is 0 Å². The van der Waals surface area contributed by atoms with Crippen molar-refractivity contribution in [3.05, 3.63) is 35.9 Å². The first-order chi connectivity index (χ1) is 8.14. The van der Waals surface area contributed by atoms with E-state index in [1.165, 1.54) is 24.3 Å². The lowest BCUT2D eigenvalue weighted by Crippen LogP contribution is -2.48. The molecule has 0 unspecified atom stereocenters. The third kappa shape index (κ3) is 3.50. The van der Waals surface area contributed by atoms with Crippen molar-refractivity contribution in [1.82, 2.24) is 0 Å². The molecule has 0 aromatic heterocycles. The average Bonchev–Trinajstić information content (AvgIpc) is 2.27. The fraction of sp³-hybridized carbons (Fsp3) is 0.462. The Kier molecular flexibility index (Phi) is 4.06. The van der Waals surface area contributed by atoms with E-state index in [2.05, 4.69) is 0 Å². The van der Waals surface area contributed by atoms with Gasteiger partial charge in [-0.3, -0.25) is 4.79 Å². The molecular formula is C13H17F2NO2. The van der Waals surface area contributed by atoms with E-state index in [4.69, 9.17) is 10.5 Å². The Morgan fingerprint density at radius 2 is 1.72 bits per heavy atom. The number of hydrogen-bond donors (Lipinski definition) is 1. The van der Waals surface area contributed by atoms with Crippen LogP contribution in [0.2, 0.25) is 0 Å². The summed E-state index contributed by atoms with van der Waals surface area (Å²) in [6.45, 7) is 4.79. The van der Waals surface area contributed by atoms with Crippen molar-refractivity contribution in [3.63, 3.8) is 0 Å². The van der Waals surface area contributed by atoms with Crippen LogP contribution in [-0.4, -0.2) is 17.6 Å². The molecule has 1 atom stereocenters. The van der Waals surface area contributed by atoms with E-state index in [1.54, 1.807) is 26.8 Å². The third-order valence-corrected chi connectivity index (χ3v) is 2.21. The molecular weight excluding hydrogens is 240 g/mol. The smallest absolute Gasteiger partial charge is 0.330 e. The molecule has 3 nitrogen and oxygen atoms in total. The number of nitrogens with two attached hydrogens (primary N) is 1. The van der Waals surface area contributed by atoms with E-state index in [9.17, 15) is 13.6 Å². The maximum Gasteiger partial charge on any atom is 0.330 e. The molecule has 18 heavy (non-hydrogen) atoms. The molecule has 0 fully saturated rings. The van der Waals surface area contributed by atoms with Crippen LogP contribution in [0.15, 0.2) is 30.3 Å². The first kappa shape index (κ1) is 14.6. The molecule has 0 bridgehead atoms. The third-order valence-electron chi connectivity index (χ3n) is 2.21. The van der Waals surface area contributed by atoms with Gasteiger partial charge in [-0.2, -0.15) is 8.78 Å². The highest BCUT2D eigenvalue weighted by atomic mass is 19.3. The molecule has 0 saturated carbocycles. The molecule has 0 aliphatic rings. The maximum atomic E-state index is 13.9. The molecule has 100 valence electrons. The lowest BCUT2D eigenvalue weighted by Gasteiger charge is -2.26. The zero-order valence-electron chi connectivity index (χ0n) is 10.6. The maximum absolute atomic E-state index is 13.9. The van der Waals surface area contributed by atoms with E-state index in [-0.39, 0.29) is 5.56 Å². The second kappa shape index (κ2) is 5.02. The van der Waals surface area contributed by atoms with Gasteiger partial charge in [0.1, 0.15) is 5.60 Å². The van der Waals surface area contributed by atoms with Gasteiger partial charge in [-0.15, -0.1) is 0 Å². The number of rotatable bonds is 3. The van der Waals surface area contributed by atoms with Gasteiger partial charge in [0, 0.05) is 5.56 Å². The molecule has 5 heteroatoms. The van der Waals surface area contributed by atoms with Gasteiger partial charge in [-0.05, 0) is 20.8 Å². The minimum Gasteiger partial charge on any atom is -0.459 e. The van der Waals surface area contributed by atoms with Gasteiger partial charge < -0.3 is 10.5 Å². The summed E-state index contributed by atoms with van der Waals surface area (Å²) in [6.07, 6.45) is 0. The molecule has 0 aliphatic carbocycles. The quantitative estimate of drug-likeness (QED) is 0.846. The Labute approximate surface area is 105 Å². The molecule has 0 aliphatic heterocycles. The van der Waals surface area contributed by atoms with Gasteiger partial charge in [0.05, 0.1) is 0 Å². The van der Waals surface area contributed by atoms with Gasteiger partial charge in [0.15, 0.2) is 6.04 Å². The van der Waals surface area contributed by atoms with Gasteiger partial charge in [0.2, 0.25) is 0 Å². The normalized spacial score (nSPS) is 14.1. The van der Waals surface area contributed by atoms with Crippen LogP contribution in [0.1, 0.15) is 26.3 Å². The highest BCUT2D eigenvalue weighted by Crippen LogP contribution is 2.31. The molecule has 2 N–H and O–H groups in total. The highest BCUT2D eigenvalue weighted by molar-refractivity contribution is 5.77. The Morgan fingerprint density at radius 1 is 1.22 bits per heavy atom. The predicted molar refractivity (Wildman–Crippen MR) is 64.2 cm³/mol. The topological polar surface area (TPSA) is 52.3 Å². The van der Waals surface area contributed by atoms with Crippen LogP contribution in [0, 0.1) is 0 Å². The summed E-state index contributed by atoms with van der Waals surface area (Å²) in [7, 11) is 0. The number of hydrogen-bond acceptors (Lipinski definition) is 3. The molecule has 0 spiro atoms. The van der Waals surface area contributed by atoms with Crippen LogP contribution in [0.4, 0.5) is 8.78 Å². The molecule has 0 amide bonds. The molecule has 0 heterocycles. The van der Waals surface area contributed by atoms with Crippen molar-refractivity contribution in [3.8, 4) is 0 Å². The predicted octanol–water partition coefficient (Wildman–Crippen LogP) is 2.45. The van der Waals surface area contributed by atoms with E-state index in [1.807, 2.05) is 0 Å². The highest BCUT2D eigenvalue weighted by Gasteiger charge is 2.45. The number of alkyl halides is 2. The van der Waals surface area contributed by atoms with Crippen LogP contribution in [-0.2, 0) is 15.5 Å². The molecule has 0 saturated heterocycles. The van der Waals surface area contributed by atoms with Crippen LogP contribution in [0.5, 0.6) is 0 Å². The van der Waals surface area contributed by atoms with Crippen molar-refractivity contribution in [2.45, 2.75) is 38.3 Å². The molecule has 1 aromatic rings. The SMILES string of the molecule is CC(C)(C)OC(=O)[C@@H](N)C(F)(F)c1ccccc1. The number of esters is 1. The van der Waals surface area contributed by atoms with E-state index in [0.29, 0.717) is 0 Å². The van der Waals surface area contributed by atoms with Crippen LogP contribution < -0.4 is 5.73 Å². The Bertz CT molecular complexity index is 413. The first-order valence-electron chi connectivity index (χ1n) is 5.56. The average molecular weight is 257 g/mol. The van der Waals surface area contributed by atoms with Crippen molar-refractivity contribution in [2.75, 3.05) is 0 Å². The van der Waals surface area contributed by atoms with Gasteiger partial charge in [-0.25, -0.2) is 0 Å². The Hall–Kier alpha value is -1.49. The number of carbonyl (C=O) groups is 1. The molecule has 1 rings (SSSR count). The zero-order chi connectivity index (χ0) is 14.0. The van der Waals surface area contributed by atoms with E-state index < -0.39 is 23.5 Å². The minimum atomic E-state index is -3.45. The molecule has 0 radical (unpaired) electrons.